The lowest BCUT2D eigenvalue weighted by Crippen LogP contribution is -2.06. The predicted molar refractivity (Wildman–Crippen MR) is 97.5 cm³/mol. The lowest BCUT2D eigenvalue weighted by atomic mass is 10.1. The van der Waals surface area contributed by atoms with Crippen molar-refractivity contribution >= 4 is 28.5 Å². The third-order valence-corrected chi connectivity index (χ3v) is 4.49. The van der Waals surface area contributed by atoms with Gasteiger partial charge in [0, 0.05) is 23.6 Å². The van der Waals surface area contributed by atoms with Gasteiger partial charge in [-0.1, -0.05) is 18.2 Å². The largest absolute Gasteiger partial charge is 0.462 e. The second kappa shape index (κ2) is 7.79. The van der Waals surface area contributed by atoms with Gasteiger partial charge < -0.3 is 4.42 Å². The van der Waals surface area contributed by atoms with Crippen LogP contribution >= 0.6 is 11.3 Å². The van der Waals surface area contributed by atoms with E-state index in [4.69, 9.17) is 4.42 Å². The number of aromatic nitrogens is 1. The highest BCUT2D eigenvalue weighted by Crippen LogP contribution is 2.30. The maximum atomic E-state index is 12.8. The minimum absolute atomic E-state index is 0.305. The van der Waals surface area contributed by atoms with Crippen molar-refractivity contribution in [3.05, 3.63) is 76.2 Å². The number of alkyl halides is 3. The van der Waals surface area contributed by atoms with Gasteiger partial charge in [0.15, 0.2) is 5.13 Å². The predicted octanol–water partition coefficient (Wildman–Crippen LogP) is 5.31. The molecule has 0 spiro atoms. The zero-order valence-electron chi connectivity index (χ0n) is 14.2. The van der Waals surface area contributed by atoms with E-state index in [1.807, 2.05) is 0 Å². The number of halogens is 3. The molecular formula is C19H15F3N2O2S. The fraction of sp³-hybridized carbons (Fsp3) is 0.158. The van der Waals surface area contributed by atoms with Crippen LogP contribution in [0.15, 0.2) is 53.1 Å². The van der Waals surface area contributed by atoms with E-state index in [1.165, 1.54) is 23.5 Å². The Labute approximate surface area is 157 Å². The molecule has 0 unspecified atom stereocenters. The van der Waals surface area contributed by atoms with Crippen LogP contribution in [-0.2, 0) is 17.4 Å². The van der Waals surface area contributed by atoms with E-state index in [2.05, 4.69) is 10.3 Å². The number of carbonyl (C=O) groups is 1. The zero-order valence-corrected chi connectivity index (χ0v) is 15.0. The molecule has 0 aliphatic rings. The van der Waals surface area contributed by atoms with Crippen LogP contribution in [0.2, 0.25) is 0 Å². The molecule has 0 aliphatic carbocycles. The summed E-state index contributed by atoms with van der Waals surface area (Å²) in [6, 6.07) is 8.69. The molecule has 2 heterocycles. The topological polar surface area (TPSA) is 55.1 Å². The van der Waals surface area contributed by atoms with Gasteiger partial charge in [-0.3, -0.25) is 10.1 Å². The molecule has 0 radical (unpaired) electrons. The number of nitrogens with one attached hydrogen (secondary N) is 1. The van der Waals surface area contributed by atoms with Crippen LogP contribution in [0.25, 0.3) is 6.08 Å². The third kappa shape index (κ3) is 5.30. The molecule has 3 aromatic rings. The van der Waals surface area contributed by atoms with Crippen molar-refractivity contribution in [2.75, 3.05) is 5.32 Å². The van der Waals surface area contributed by atoms with E-state index in [9.17, 15) is 18.0 Å². The summed E-state index contributed by atoms with van der Waals surface area (Å²) >= 11 is 1.21. The Morgan fingerprint density at radius 1 is 1.30 bits per heavy atom. The van der Waals surface area contributed by atoms with Crippen molar-refractivity contribution in [3.63, 3.8) is 0 Å². The van der Waals surface area contributed by atoms with Crippen LogP contribution < -0.4 is 5.32 Å². The number of aryl methyl sites for hydroxylation is 1. The molecule has 1 amide bonds. The Morgan fingerprint density at radius 3 is 2.81 bits per heavy atom. The fourth-order valence-electron chi connectivity index (χ4n) is 2.35. The molecular weight excluding hydrogens is 377 g/mol. The maximum Gasteiger partial charge on any atom is 0.416 e. The van der Waals surface area contributed by atoms with Crippen molar-refractivity contribution in [2.24, 2.45) is 0 Å². The molecule has 2 aromatic heterocycles. The monoisotopic (exact) mass is 392 g/mol. The minimum atomic E-state index is -4.37. The SMILES string of the molecule is Cc1ccc(/C=C/C(=O)Nc2ncc(Cc3cccc(C(F)(F)F)c3)s2)o1. The number of hydrogen-bond acceptors (Lipinski definition) is 4. The van der Waals surface area contributed by atoms with Crippen molar-refractivity contribution in [1.29, 1.82) is 0 Å². The Kier molecular flexibility index (Phi) is 5.46. The number of nitrogens with zero attached hydrogens (tertiary/aromatic N) is 1. The highest BCUT2D eigenvalue weighted by atomic mass is 32.1. The van der Waals surface area contributed by atoms with Gasteiger partial charge in [-0.25, -0.2) is 4.98 Å². The average molecular weight is 392 g/mol. The molecule has 0 bridgehead atoms. The number of thiazole rings is 1. The number of benzene rings is 1. The summed E-state index contributed by atoms with van der Waals surface area (Å²) in [4.78, 5) is 16.8. The highest BCUT2D eigenvalue weighted by Gasteiger charge is 2.30. The Morgan fingerprint density at radius 2 is 2.11 bits per heavy atom. The van der Waals surface area contributed by atoms with Gasteiger partial charge >= 0.3 is 6.18 Å². The van der Waals surface area contributed by atoms with Crippen molar-refractivity contribution in [2.45, 2.75) is 19.5 Å². The Bertz CT molecular complexity index is 973. The van der Waals surface area contributed by atoms with Gasteiger partial charge in [0.1, 0.15) is 11.5 Å². The average Bonchev–Trinajstić information content (AvgIpc) is 3.21. The summed E-state index contributed by atoms with van der Waals surface area (Å²) in [6.45, 7) is 1.80. The molecule has 0 aliphatic heterocycles. The van der Waals surface area contributed by atoms with E-state index in [-0.39, 0.29) is 5.91 Å². The van der Waals surface area contributed by atoms with Gasteiger partial charge in [-0.2, -0.15) is 13.2 Å². The van der Waals surface area contributed by atoms with E-state index < -0.39 is 11.7 Å². The number of rotatable bonds is 5. The normalized spacial score (nSPS) is 11.9. The molecule has 0 saturated carbocycles. The lowest BCUT2D eigenvalue weighted by molar-refractivity contribution is -0.137. The number of hydrogen-bond donors (Lipinski definition) is 1. The quantitative estimate of drug-likeness (QED) is 0.599. The zero-order chi connectivity index (χ0) is 19.4. The first-order chi connectivity index (χ1) is 12.8. The summed E-state index contributed by atoms with van der Waals surface area (Å²) in [6.07, 6.45) is 0.340. The molecule has 1 N–H and O–H groups in total. The summed E-state index contributed by atoms with van der Waals surface area (Å²) in [7, 11) is 0. The molecule has 0 fully saturated rings. The van der Waals surface area contributed by atoms with Crippen LogP contribution in [-0.4, -0.2) is 10.9 Å². The van der Waals surface area contributed by atoms with Gasteiger partial charge in [0.2, 0.25) is 5.91 Å². The van der Waals surface area contributed by atoms with E-state index in [0.29, 0.717) is 22.9 Å². The van der Waals surface area contributed by atoms with Crippen molar-refractivity contribution in [3.8, 4) is 0 Å². The summed E-state index contributed by atoms with van der Waals surface area (Å²) in [5.74, 6) is 0.935. The van der Waals surface area contributed by atoms with Gasteiger partial charge in [0.05, 0.1) is 5.56 Å². The van der Waals surface area contributed by atoms with Crippen LogP contribution in [0, 0.1) is 6.92 Å². The summed E-state index contributed by atoms with van der Waals surface area (Å²) in [5.41, 5.74) is -0.157. The molecule has 0 atom stereocenters. The third-order valence-electron chi connectivity index (χ3n) is 3.58. The number of carbonyl (C=O) groups excluding carboxylic acids is 1. The Balaban J connectivity index is 1.61. The molecule has 140 valence electrons. The number of furan rings is 1. The Hall–Kier alpha value is -2.87. The van der Waals surface area contributed by atoms with Crippen LogP contribution in [0.5, 0.6) is 0 Å². The number of anilines is 1. The lowest BCUT2D eigenvalue weighted by Gasteiger charge is -2.07. The first-order valence-electron chi connectivity index (χ1n) is 7.96. The molecule has 27 heavy (non-hydrogen) atoms. The van der Waals surface area contributed by atoms with Crippen LogP contribution in [0.1, 0.15) is 27.5 Å². The van der Waals surface area contributed by atoms with Crippen molar-refractivity contribution in [1.82, 2.24) is 4.98 Å². The van der Waals surface area contributed by atoms with Crippen LogP contribution in [0.3, 0.4) is 0 Å². The summed E-state index contributed by atoms with van der Waals surface area (Å²) in [5, 5.41) is 3.00. The van der Waals surface area contributed by atoms with Crippen molar-refractivity contribution < 1.29 is 22.4 Å². The second-order valence-corrected chi connectivity index (χ2v) is 6.89. The first kappa shape index (κ1) is 18.9. The van der Waals surface area contributed by atoms with Gasteiger partial charge in [0.25, 0.3) is 0 Å². The smallest absolute Gasteiger partial charge is 0.416 e. The fourth-order valence-corrected chi connectivity index (χ4v) is 3.20. The molecule has 3 rings (SSSR count). The second-order valence-electron chi connectivity index (χ2n) is 5.78. The van der Waals surface area contributed by atoms with E-state index in [1.54, 1.807) is 37.4 Å². The van der Waals surface area contributed by atoms with Gasteiger partial charge in [-0.05, 0) is 36.8 Å². The molecule has 8 heteroatoms. The molecule has 0 saturated heterocycles. The molecule has 1 aromatic carbocycles. The maximum absolute atomic E-state index is 12.8. The minimum Gasteiger partial charge on any atom is -0.462 e. The number of amides is 1. The highest BCUT2D eigenvalue weighted by molar-refractivity contribution is 7.15. The first-order valence-corrected chi connectivity index (χ1v) is 8.77. The van der Waals surface area contributed by atoms with E-state index >= 15 is 0 Å². The van der Waals surface area contributed by atoms with Crippen LogP contribution in [0.4, 0.5) is 18.3 Å². The van der Waals surface area contributed by atoms with Gasteiger partial charge in [-0.15, -0.1) is 11.3 Å². The summed E-state index contributed by atoms with van der Waals surface area (Å²) < 4.78 is 43.7. The standard InChI is InChI=1S/C19H15F3N2O2S/c1-12-5-6-15(26-12)7-8-17(25)24-18-23-11-16(27-18)10-13-3-2-4-14(9-13)19(20,21)22/h2-9,11H,10H2,1H3,(H,23,24,25)/b8-7+. The van der Waals surface area contributed by atoms with E-state index in [0.717, 1.165) is 22.8 Å². The molecule has 4 nitrogen and oxygen atoms in total.